The van der Waals surface area contributed by atoms with Crippen LogP contribution in [0, 0.1) is 0 Å². The van der Waals surface area contributed by atoms with E-state index in [0.717, 1.165) is 13.0 Å². The lowest BCUT2D eigenvalue weighted by Crippen LogP contribution is -2.50. The Bertz CT molecular complexity index is 125. The van der Waals surface area contributed by atoms with Crippen LogP contribution in [-0.4, -0.2) is 55.6 Å². The Kier molecular flexibility index (Phi) is 3.98. The normalized spacial score (nSPS) is 27.8. The standard InChI is InChI=1S/C9H21N3/c1-9-8-11(2)6-7-12(9)5-3-4-10/h9H,3-8,10H2,1-2H3. The molecule has 1 fully saturated rings. The van der Waals surface area contributed by atoms with Gasteiger partial charge in [-0.1, -0.05) is 0 Å². The first kappa shape index (κ1) is 9.96. The molecule has 0 aromatic rings. The van der Waals surface area contributed by atoms with Crippen molar-refractivity contribution in [2.75, 3.05) is 39.8 Å². The molecule has 1 aliphatic heterocycles. The van der Waals surface area contributed by atoms with E-state index in [4.69, 9.17) is 5.73 Å². The van der Waals surface area contributed by atoms with Crippen LogP contribution < -0.4 is 5.73 Å². The van der Waals surface area contributed by atoms with E-state index in [0.29, 0.717) is 6.04 Å². The summed E-state index contributed by atoms with van der Waals surface area (Å²) in [6, 6.07) is 0.704. The average molecular weight is 171 g/mol. The number of hydrogen-bond acceptors (Lipinski definition) is 3. The maximum atomic E-state index is 5.48. The van der Waals surface area contributed by atoms with Crippen molar-refractivity contribution in [1.82, 2.24) is 9.80 Å². The largest absolute Gasteiger partial charge is 0.330 e. The fourth-order valence-electron chi connectivity index (χ4n) is 1.80. The molecule has 0 radical (unpaired) electrons. The highest BCUT2D eigenvalue weighted by Crippen LogP contribution is 2.07. The fraction of sp³-hybridized carbons (Fsp3) is 1.00. The Morgan fingerprint density at radius 2 is 2.17 bits per heavy atom. The molecule has 72 valence electrons. The van der Waals surface area contributed by atoms with Crippen molar-refractivity contribution in [2.24, 2.45) is 5.73 Å². The van der Waals surface area contributed by atoms with Gasteiger partial charge in [-0.25, -0.2) is 0 Å². The molecular formula is C9H21N3. The maximum Gasteiger partial charge on any atom is 0.0195 e. The molecular weight excluding hydrogens is 150 g/mol. The molecule has 1 atom stereocenters. The van der Waals surface area contributed by atoms with Crippen molar-refractivity contribution in [1.29, 1.82) is 0 Å². The van der Waals surface area contributed by atoms with E-state index in [-0.39, 0.29) is 0 Å². The van der Waals surface area contributed by atoms with E-state index in [1.807, 2.05) is 0 Å². The van der Waals surface area contributed by atoms with Crippen molar-refractivity contribution >= 4 is 0 Å². The average Bonchev–Trinajstić information content (AvgIpc) is 2.03. The predicted octanol–water partition coefficient (Wildman–Crippen LogP) is -0.0289. The van der Waals surface area contributed by atoms with Gasteiger partial charge < -0.3 is 10.6 Å². The molecule has 0 amide bonds. The van der Waals surface area contributed by atoms with E-state index in [1.165, 1.54) is 26.2 Å². The first-order chi connectivity index (χ1) is 5.74. The third-order valence-corrected chi connectivity index (χ3v) is 2.62. The molecule has 0 spiro atoms. The lowest BCUT2D eigenvalue weighted by Gasteiger charge is -2.38. The van der Waals surface area contributed by atoms with Crippen LogP contribution in [0.15, 0.2) is 0 Å². The Morgan fingerprint density at radius 3 is 2.75 bits per heavy atom. The molecule has 12 heavy (non-hydrogen) atoms. The van der Waals surface area contributed by atoms with Gasteiger partial charge in [-0.05, 0) is 33.5 Å². The van der Waals surface area contributed by atoms with Crippen LogP contribution in [0.3, 0.4) is 0 Å². The highest BCUT2D eigenvalue weighted by molar-refractivity contribution is 4.76. The van der Waals surface area contributed by atoms with Gasteiger partial charge in [0.1, 0.15) is 0 Å². The van der Waals surface area contributed by atoms with Crippen molar-refractivity contribution in [3.8, 4) is 0 Å². The topological polar surface area (TPSA) is 32.5 Å². The monoisotopic (exact) mass is 171 g/mol. The summed E-state index contributed by atoms with van der Waals surface area (Å²) in [7, 11) is 2.19. The summed E-state index contributed by atoms with van der Waals surface area (Å²) in [6.45, 7) is 7.90. The molecule has 0 aromatic carbocycles. The van der Waals surface area contributed by atoms with Crippen LogP contribution >= 0.6 is 0 Å². The Labute approximate surface area is 75.5 Å². The second kappa shape index (κ2) is 4.80. The smallest absolute Gasteiger partial charge is 0.0195 e. The van der Waals surface area contributed by atoms with Crippen molar-refractivity contribution in [3.63, 3.8) is 0 Å². The van der Waals surface area contributed by atoms with E-state index in [1.54, 1.807) is 0 Å². The van der Waals surface area contributed by atoms with E-state index in [2.05, 4.69) is 23.8 Å². The summed E-state index contributed by atoms with van der Waals surface area (Å²) < 4.78 is 0. The minimum atomic E-state index is 0.704. The summed E-state index contributed by atoms with van der Waals surface area (Å²) in [5.41, 5.74) is 5.48. The molecule has 2 N–H and O–H groups in total. The number of hydrogen-bond donors (Lipinski definition) is 1. The van der Waals surface area contributed by atoms with Crippen LogP contribution in [0.2, 0.25) is 0 Å². The third-order valence-electron chi connectivity index (χ3n) is 2.62. The van der Waals surface area contributed by atoms with Gasteiger partial charge in [0.2, 0.25) is 0 Å². The molecule has 1 unspecified atom stereocenters. The fourth-order valence-corrected chi connectivity index (χ4v) is 1.80. The maximum absolute atomic E-state index is 5.48. The van der Waals surface area contributed by atoms with Crippen molar-refractivity contribution in [3.05, 3.63) is 0 Å². The zero-order chi connectivity index (χ0) is 8.97. The van der Waals surface area contributed by atoms with Gasteiger partial charge in [0.25, 0.3) is 0 Å². The number of nitrogens with zero attached hydrogens (tertiary/aromatic N) is 2. The van der Waals surface area contributed by atoms with Crippen molar-refractivity contribution in [2.45, 2.75) is 19.4 Å². The van der Waals surface area contributed by atoms with Gasteiger partial charge >= 0.3 is 0 Å². The van der Waals surface area contributed by atoms with Crippen LogP contribution in [0.5, 0.6) is 0 Å². The Balaban J connectivity index is 2.25. The molecule has 3 heteroatoms. The van der Waals surface area contributed by atoms with E-state index >= 15 is 0 Å². The van der Waals surface area contributed by atoms with E-state index in [9.17, 15) is 0 Å². The number of piperazine rings is 1. The zero-order valence-electron chi connectivity index (χ0n) is 8.29. The number of nitrogens with two attached hydrogens (primary N) is 1. The first-order valence-corrected chi connectivity index (χ1v) is 4.86. The van der Waals surface area contributed by atoms with Gasteiger partial charge in [-0.2, -0.15) is 0 Å². The summed E-state index contributed by atoms with van der Waals surface area (Å²) in [6.07, 6.45) is 1.13. The summed E-state index contributed by atoms with van der Waals surface area (Å²) >= 11 is 0. The Morgan fingerprint density at radius 1 is 1.42 bits per heavy atom. The third kappa shape index (κ3) is 2.73. The van der Waals surface area contributed by atoms with Gasteiger partial charge in [0.15, 0.2) is 0 Å². The molecule has 1 rings (SSSR count). The highest BCUT2D eigenvalue weighted by Gasteiger charge is 2.19. The molecule has 1 aliphatic rings. The number of likely N-dealkylation sites (N-methyl/N-ethyl adjacent to an activating group) is 1. The summed E-state index contributed by atoms with van der Waals surface area (Å²) in [4.78, 5) is 4.93. The molecule has 1 heterocycles. The van der Waals surface area contributed by atoms with E-state index < -0.39 is 0 Å². The summed E-state index contributed by atoms with van der Waals surface area (Å²) in [5, 5.41) is 0. The SMILES string of the molecule is CC1CN(C)CCN1CCCN. The second-order valence-electron chi connectivity index (χ2n) is 3.79. The van der Waals surface area contributed by atoms with Crippen LogP contribution in [0.4, 0.5) is 0 Å². The Hall–Kier alpha value is -0.120. The van der Waals surface area contributed by atoms with Gasteiger partial charge in [0.05, 0.1) is 0 Å². The van der Waals surface area contributed by atoms with Crippen LogP contribution in [-0.2, 0) is 0 Å². The van der Waals surface area contributed by atoms with Gasteiger partial charge in [-0.3, -0.25) is 4.90 Å². The molecule has 0 aliphatic carbocycles. The quantitative estimate of drug-likeness (QED) is 0.647. The zero-order valence-corrected chi connectivity index (χ0v) is 8.29. The lowest BCUT2D eigenvalue weighted by atomic mass is 10.2. The predicted molar refractivity (Wildman–Crippen MR) is 52.2 cm³/mol. The lowest BCUT2D eigenvalue weighted by molar-refractivity contribution is 0.0997. The molecule has 3 nitrogen and oxygen atoms in total. The number of rotatable bonds is 3. The highest BCUT2D eigenvalue weighted by atomic mass is 15.3. The van der Waals surface area contributed by atoms with Gasteiger partial charge in [-0.15, -0.1) is 0 Å². The minimum absolute atomic E-state index is 0.704. The molecule has 0 bridgehead atoms. The van der Waals surface area contributed by atoms with Crippen molar-refractivity contribution < 1.29 is 0 Å². The molecule has 1 saturated heterocycles. The first-order valence-electron chi connectivity index (χ1n) is 4.86. The van der Waals surface area contributed by atoms with Gasteiger partial charge in [0, 0.05) is 25.7 Å². The molecule has 0 saturated carbocycles. The van der Waals surface area contributed by atoms with Crippen LogP contribution in [0.1, 0.15) is 13.3 Å². The van der Waals surface area contributed by atoms with Crippen LogP contribution in [0.25, 0.3) is 0 Å². The minimum Gasteiger partial charge on any atom is -0.330 e. The molecule has 0 aromatic heterocycles. The second-order valence-corrected chi connectivity index (χ2v) is 3.79. The summed E-state index contributed by atoms with van der Waals surface area (Å²) in [5.74, 6) is 0.